The number of thiophene rings is 1. The van der Waals surface area contributed by atoms with Crippen LogP contribution >= 0.6 is 11.3 Å². The summed E-state index contributed by atoms with van der Waals surface area (Å²) in [5, 5.41) is 2.02. The second kappa shape index (κ2) is 5.78. The molecule has 0 saturated heterocycles. The van der Waals surface area contributed by atoms with Crippen molar-refractivity contribution in [1.82, 2.24) is 0 Å². The second-order valence-electron chi connectivity index (χ2n) is 4.19. The topological polar surface area (TPSA) is 17.1 Å². The lowest BCUT2D eigenvalue weighted by atomic mass is 9.98. The molecule has 1 aromatic carbocycles. The van der Waals surface area contributed by atoms with Crippen LogP contribution in [0.4, 0.5) is 0 Å². The van der Waals surface area contributed by atoms with Crippen molar-refractivity contribution in [2.24, 2.45) is 0 Å². The third-order valence-electron chi connectivity index (χ3n) is 2.96. The number of carbonyl (C=O) groups excluding carboxylic acids is 1. The highest BCUT2D eigenvalue weighted by molar-refractivity contribution is 7.10. The Hall–Kier alpha value is -1.41. The first-order chi connectivity index (χ1) is 8.27. The smallest absolute Gasteiger partial charge is 0.141 e. The van der Waals surface area contributed by atoms with Gasteiger partial charge in [-0.3, -0.25) is 4.79 Å². The minimum Gasteiger partial charge on any atom is -0.299 e. The molecule has 17 heavy (non-hydrogen) atoms. The van der Waals surface area contributed by atoms with Gasteiger partial charge in [0, 0.05) is 17.2 Å². The maximum absolute atomic E-state index is 12.0. The van der Waals surface area contributed by atoms with E-state index in [0.717, 1.165) is 6.42 Å². The second-order valence-corrected chi connectivity index (χ2v) is 5.17. The Balaban J connectivity index is 1.90. The Bertz CT molecular complexity index is 459. The van der Waals surface area contributed by atoms with Crippen molar-refractivity contribution >= 4 is 17.1 Å². The third-order valence-corrected chi connectivity index (χ3v) is 4.01. The van der Waals surface area contributed by atoms with Crippen molar-refractivity contribution in [3.8, 4) is 0 Å². The standard InChI is InChI=1S/C15H16OS/c1-12(15-8-5-11-17-15)14(16)10-9-13-6-3-2-4-7-13/h2-8,11-12H,9-10H2,1H3/t12-/m1/s1. The summed E-state index contributed by atoms with van der Waals surface area (Å²) < 4.78 is 0. The molecule has 0 aliphatic carbocycles. The van der Waals surface area contributed by atoms with E-state index in [0.29, 0.717) is 12.2 Å². The summed E-state index contributed by atoms with van der Waals surface area (Å²) in [6.07, 6.45) is 1.47. The van der Waals surface area contributed by atoms with Crippen LogP contribution in [0.5, 0.6) is 0 Å². The fourth-order valence-electron chi connectivity index (χ4n) is 1.83. The molecule has 0 spiro atoms. The molecule has 1 heterocycles. The Labute approximate surface area is 106 Å². The molecule has 0 bridgehead atoms. The predicted molar refractivity (Wildman–Crippen MR) is 72.5 cm³/mol. The van der Waals surface area contributed by atoms with Gasteiger partial charge in [0.05, 0.1) is 0 Å². The number of hydrogen-bond donors (Lipinski definition) is 0. The van der Waals surface area contributed by atoms with Crippen molar-refractivity contribution in [2.75, 3.05) is 0 Å². The Morgan fingerprint density at radius 2 is 1.94 bits per heavy atom. The van der Waals surface area contributed by atoms with E-state index in [4.69, 9.17) is 0 Å². The van der Waals surface area contributed by atoms with Crippen LogP contribution < -0.4 is 0 Å². The molecular weight excluding hydrogens is 228 g/mol. The molecule has 88 valence electrons. The molecule has 1 aromatic heterocycles. The van der Waals surface area contributed by atoms with Crippen LogP contribution in [-0.2, 0) is 11.2 Å². The van der Waals surface area contributed by atoms with Crippen LogP contribution in [-0.4, -0.2) is 5.78 Å². The Morgan fingerprint density at radius 3 is 2.59 bits per heavy atom. The zero-order valence-electron chi connectivity index (χ0n) is 9.93. The maximum atomic E-state index is 12.0. The summed E-state index contributed by atoms with van der Waals surface area (Å²) in [5.74, 6) is 0.370. The fourth-order valence-corrected chi connectivity index (χ4v) is 2.63. The van der Waals surface area contributed by atoms with E-state index in [2.05, 4.69) is 12.1 Å². The lowest BCUT2D eigenvalue weighted by Gasteiger charge is -2.08. The molecule has 0 radical (unpaired) electrons. The molecule has 0 aliphatic heterocycles. The van der Waals surface area contributed by atoms with E-state index < -0.39 is 0 Å². The minimum atomic E-state index is 0.0405. The molecule has 0 fully saturated rings. The van der Waals surface area contributed by atoms with Gasteiger partial charge in [0.2, 0.25) is 0 Å². The van der Waals surface area contributed by atoms with Gasteiger partial charge in [-0.15, -0.1) is 11.3 Å². The molecule has 1 atom stereocenters. The van der Waals surface area contributed by atoms with E-state index in [1.54, 1.807) is 11.3 Å². The summed E-state index contributed by atoms with van der Waals surface area (Å²) in [4.78, 5) is 13.2. The first-order valence-electron chi connectivity index (χ1n) is 5.87. The normalized spacial score (nSPS) is 12.3. The van der Waals surface area contributed by atoms with Crippen LogP contribution in [0.25, 0.3) is 0 Å². The highest BCUT2D eigenvalue weighted by atomic mass is 32.1. The molecule has 0 unspecified atom stereocenters. The van der Waals surface area contributed by atoms with E-state index in [-0.39, 0.29) is 5.92 Å². The fraction of sp³-hybridized carbons (Fsp3) is 0.267. The number of carbonyl (C=O) groups is 1. The molecular formula is C15H16OS. The molecule has 2 aromatic rings. The van der Waals surface area contributed by atoms with Crippen molar-refractivity contribution in [3.05, 3.63) is 58.3 Å². The molecule has 1 nitrogen and oxygen atoms in total. The van der Waals surface area contributed by atoms with Gasteiger partial charge in [-0.2, -0.15) is 0 Å². The Kier molecular flexibility index (Phi) is 4.10. The van der Waals surface area contributed by atoms with E-state index in [1.165, 1.54) is 10.4 Å². The minimum absolute atomic E-state index is 0.0405. The molecule has 0 N–H and O–H groups in total. The van der Waals surface area contributed by atoms with Gasteiger partial charge < -0.3 is 0 Å². The number of aryl methyl sites for hydroxylation is 1. The van der Waals surface area contributed by atoms with Crippen molar-refractivity contribution in [1.29, 1.82) is 0 Å². The summed E-state index contributed by atoms with van der Waals surface area (Å²) in [7, 11) is 0. The van der Waals surface area contributed by atoms with Crippen LogP contribution in [0.2, 0.25) is 0 Å². The van der Waals surface area contributed by atoms with E-state index >= 15 is 0 Å². The van der Waals surface area contributed by atoms with Gasteiger partial charge in [0.15, 0.2) is 0 Å². The lowest BCUT2D eigenvalue weighted by molar-refractivity contribution is -0.120. The van der Waals surface area contributed by atoms with Gasteiger partial charge in [0.1, 0.15) is 5.78 Å². The summed E-state index contributed by atoms with van der Waals surface area (Å²) in [5.41, 5.74) is 1.24. The quantitative estimate of drug-likeness (QED) is 0.775. The Morgan fingerprint density at radius 1 is 1.18 bits per heavy atom. The monoisotopic (exact) mass is 244 g/mol. The highest BCUT2D eigenvalue weighted by Crippen LogP contribution is 2.23. The summed E-state index contributed by atoms with van der Waals surface area (Å²) in [6, 6.07) is 14.2. The SMILES string of the molecule is C[C@H](C(=O)CCc1ccccc1)c1cccs1. The largest absolute Gasteiger partial charge is 0.299 e. The van der Waals surface area contributed by atoms with Gasteiger partial charge in [-0.25, -0.2) is 0 Å². The van der Waals surface area contributed by atoms with Gasteiger partial charge in [-0.05, 0) is 23.4 Å². The number of Topliss-reactive ketones (excluding diaryl/α,β-unsaturated/α-hetero) is 1. The third kappa shape index (κ3) is 3.27. The van der Waals surface area contributed by atoms with Crippen molar-refractivity contribution < 1.29 is 4.79 Å². The number of benzene rings is 1. The number of hydrogen-bond acceptors (Lipinski definition) is 2. The van der Waals surface area contributed by atoms with Crippen molar-refractivity contribution in [2.45, 2.75) is 25.7 Å². The average Bonchev–Trinajstić information content (AvgIpc) is 2.90. The van der Waals surface area contributed by atoms with Gasteiger partial charge in [-0.1, -0.05) is 43.3 Å². The van der Waals surface area contributed by atoms with Gasteiger partial charge in [0.25, 0.3) is 0 Å². The zero-order valence-corrected chi connectivity index (χ0v) is 10.7. The molecule has 2 rings (SSSR count). The van der Waals surface area contributed by atoms with E-state index in [9.17, 15) is 4.79 Å². The van der Waals surface area contributed by atoms with Gasteiger partial charge >= 0.3 is 0 Å². The predicted octanol–water partition coefficient (Wildman–Crippen LogP) is 4.05. The van der Waals surface area contributed by atoms with Crippen LogP contribution in [0.3, 0.4) is 0 Å². The highest BCUT2D eigenvalue weighted by Gasteiger charge is 2.15. The number of rotatable bonds is 5. The van der Waals surface area contributed by atoms with Crippen molar-refractivity contribution in [3.63, 3.8) is 0 Å². The molecule has 0 amide bonds. The average molecular weight is 244 g/mol. The maximum Gasteiger partial charge on any atom is 0.141 e. The van der Waals surface area contributed by atoms with Crippen LogP contribution in [0.1, 0.15) is 29.7 Å². The number of ketones is 1. The summed E-state index contributed by atoms with van der Waals surface area (Å²) in [6.45, 7) is 2.00. The molecule has 2 heteroatoms. The first kappa shape index (κ1) is 12.1. The molecule has 0 saturated carbocycles. The van der Waals surface area contributed by atoms with Crippen LogP contribution in [0.15, 0.2) is 47.8 Å². The molecule has 0 aliphatic rings. The van der Waals surface area contributed by atoms with E-state index in [1.807, 2.05) is 42.6 Å². The summed E-state index contributed by atoms with van der Waals surface area (Å²) >= 11 is 1.66. The zero-order chi connectivity index (χ0) is 12.1. The first-order valence-corrected chi connectivity index (χ1v) is 6.75. The lowest BCUT2D eigenvalue weighted by Crippen LogP contribution is -2.08. The van der Waals surface area contributed by atoms with Crippen LogP contribution in [0, 0.1) is 0 Å².